The van der Waals surface area contributed by atoms with Crippen molar-refractivity contribution in [3.05, 3.63) is 71.0 Å². The van der Waals surface area contributed by atoms with Crippen molar-refractivity contribution in [2.75, 3.05) is 0 Å². The summed E-state index contributed by atoms with van der Waals surface area (Å²) >= 11 is 0. The summed E-state index contributed by atoms with van der Waals surface area (Å²) in [6.45, 7) is 2.68. The van der Waals surface area contributed by atoms with Crippen LogP contribution in [-0.4, -0.2) is 22.8 Å². The second-order valence-electron chi connectivity index (χ2n) is 7.49. The first-order valence-corrected chi connectivity index (χ1v) is 9.22. The molecule has 2 saturated heterocycles. The summed E-state index contributed by atoms with van der Waals surface area (Å²) in [5.74, 6) is -0.117. The van der Waals surface area contributed by atoms with Crippen LogP contribution in [0.2, 0.25) is 0 Å². The molecule has 0 radical (unpaired) electrons. The summed E-state index contributed by atoms with van der Waals surface area (Å²) in [4.78, 5) is 15.6. The van der Waals surface area contributed by atoms with Crippen LogP contribution >= 0.6 is 0 Å². The fraction of sp³-hybridized carbons (Fsp3) is 0.409. The second-order valence-corrected chi connectivity index (χ2v) is 7.49. The van der Waals surface area contributed by atoms with E-state index in [0.717, 1.165) is 19.4 Å². The third-order valence-corrected chi connectivity index (χ3v) is 6.00. The minimum absolute atomic E-state index is 0.0324. The molecule has 2 nitrogen and oxygen atoms in total. The van der Waals surface area contributed by atoms with Gasteiger partial charge in [-0.15, -0.1) is 0 Å². The summed E-state index contributed by atoms with van der Waals surface area (Å²) in [5.41, 5.74) is 2.40. The van der Waals surface area contributed by atoms with Gasteiger partial charge in [-0.25, -0.2) is 4.39 Å². The minimum atomic E-state index is -0.282. The summed E-state index contributed by atoms with van der Waals surface area (Å²) in [6, 6.07) is 16.4. The van der Waals surface area contributed by atoms with Crippen molar-refractivity contribution in [2.24, 2.45) is 5.92 Å². The van der Waals surface area contributed by atoms with E-state index in [0.29, 0.717) is 23.2 Å². The van der Waals surface area contributed by atoms with Crippen LogP contribution in [0.4, 0.5) is 4.39 Å². The van der Waals surface area contributed by atoms with Gasteiger partial charge in [-0.3, -0.25) is 9.69 Å². The van der Waals surface area contributed by atoms with Crippen molar-refractivity contribution < 1.29 is 9.18 Å². The van der Waals surface area contributed by atoms with Crippen molar-refractivity contribution in [3.63, 3.8) is 0 Å². The van der Waals surface area contributed by atoms with E-state index in [1.807, 2.05) is 6.07 Å². The molecule has 2 heterocycles. The van der Waals surface area contributed by atoms with Gasteiger partial charge in [-0.2, -0.15) is 0 Å². The zero-order valence-corrected chi connectivity index (χ0v) is 14.6. The normalized spacial score (nSPS) is 25.9. The van der Waals surface area contributed by atoms with Crippen molar-refractivity contribution in [1.82, 2.24) is 4.90 Å². The van der Waals surface area contributed by atoms with E-state index in [1.165, 1.54) is 24.5 Å². The average molecular weight is 337 g/mol. The number of Topliss-reactive ketones (excluding diaryl/α,β-unsaturated/α-hetero) is 1. The molecule has 25 heavy (non-hydrogen) atoms. The van der Waals surface area contributed by atoms with Crippen molar-refractivity contribution >= 4 is 5.78 Å². The Kier molecular flexibility index (Phi) is 4.43. The SMILES string of the molecule is Cc1c(F)cccc1C(=O)C1CC2CCC(C1)N2Cc1ccccc1. The number of benzene rings is 2. The van der Waals surface area contributed by atoms with Gasteiger partial charge < -0.3 is 0 Å². The Bertz CT molecular complexity index is 759. The lowest BCUT2D eigenvalue weighted by molar-refractivity contribution is 0.0677. The van der Waals surface area contributed by atoms with E-state index in [-0.39, 0.29) is 17.5 Å². The molecule has 0 saturated carbocycles. The van der Waals surface area contributed by atoms with E-state index in [4.69, 9.17) is 0 Å². The first-order valence-electron chi connectivity index (χ1n) is 9.22. The molecule has 0 aromatic heterocycles. The van der Waals surface area contributed by atoms with Crippen LogP contribution in [0.15, 0.2) is 48.5 Å². The van der Waals surface area contributed by atoms with Crippen LogP contribution < -0.4 is 0 Å². The molecule has 0 spiro atoms. The Morgan fingerprint density at radius 2 is 1.72 bits per heavy atom. The molecule has 2 aliphatic heterocycles. The Hall–Kier alpha value is -2.00. The molecule has 2 bridgehead atoms. The lowest BCUT2D eigenvalue weighted by Crippen LogP contribution is -2.44. The Balaban J connectivity index is 1.49. The molecular weight excluding hydrogens is 313 g/mol. The smallest absolute Gasteiger partial charge is 0.166 e. The van der Waals surface area contributed by atoms with Crippen LogP contribution in [0.25, 0.3) is 0 Å². The summed E-state index contributed by atoms with van der Waals surface area (Å²) < 4.78 is 13.8. The van der Waals surface area contributed by atoms with Gasteiger partial charge in [0.1, 0.15) is 5.82 Å². The van der Waals surface area contributed by atoms with Crippen LogP contribution in [0.3, 0.4) is 0 Å². The van der Waals surface area contributed by atoms with Crippen LogP contribution in [0.1, 0.15) is 47.2 Å². The van der Waals surface area contributed by atoms with E-state index in [9.17, 15) is 9.18 Å². The van der Waals surface area contributed by atoms with Gasteiger partial charge in [0.25, 0.3) is 0 Å². The molecule has 2 aliphatic rings. The number of ketones is 1. The fourth-order valence-electron chi connectivity index (χ4n) is 4.63. The molecule has 2 aromatic rings. The highest BCUT2D eigenvalue weighted by Gasteiger charge is 2.42. The van der Waals surface area contributed by atoms with Crippen LogP contribution in [-0.2, 0) is 6.54 Å². The molecular formula is C22H24FNO. The second kappa shape index (κ2) is 6.72. The van der Waals surface area contributed by atoms with Crippen molar-refractivity contribution in [1.29, 1.82) is 0 Å². The first-order chi connectivity index (χ1) is 12.1. The minimum Gasteiger partial charge on any atom is -0.294 e. The number of hydrogen-bond donors (Lipinski definition) is 0. The van der Waals surface area contributed by atoms with Crippen LogP contribution in [0.5, 0.6) is 0 Å². The molecule has 2 unspecified atom stereocenters. The maximum Gasteiger partial charge on any atom is 0.166 e. The lowest BCUT2D eigenvalue weighted by atomic mass is 9.83. The Labute approximate surface area is 148 Å². The summed E-state index contributed by atoms with van der Waals surface area (Å²) in [7, 11) is 0. The molecule has 4 rings (SSSR count). The molecule has 2 atom stereocenters. The quantitative estimate of drug-likeness (QED) is 0.750. The zero-order valence-electron chi connectivity index (χ0n) is 14.6. The van der Waals surface area contributed by atoms with E-state index >= 15 is 0 Å². The molecule has 2 fully saturated rings. The predicted octanol–water partition coefficient (Wildman–Crippen LogP) is 4.76. The third kappa shape index (κ3) is 3.13. The Morgan fingerprint density at radius 1 is 1.04 bits per heavy atom. The maximum absolute atomic E-state index is 13.8. The third-order valence-electron chi connectivity index (χ3n) is 6.00. The number of carbonyl (C=O) groups is 1. The van der Waals surface area contributed by atoms with Gasteiger partial charge in [-0.1, -0.05) is 42.5 Å². The highest BCUT2D eigenvalue weighted by atomic mass is 19.1. The number of hydrogen-bond acceptors (Lipinski definition) is 2. The number of piperidine rings is 1. The van der Waals surface area contributed by atoms with Crippen molar-refractivity contribution in [3.8, 4) is 0 Å². The standard InChI is InChI=1S/C22H24FNO/c1-15-20(8-5-9-21(15)23)22(25)17-12-18-10-11-19(13-17)24(18)14-16-6-3-2-4-7-16/h2-9,17-19H,10-14H2,1H3. The number of carbonyl (C=O) groups excluding carboxylic acids is 1. The summed E-state index contributed by atoms with van der Waals surface area (Å²) in [6.07, 6.45) is 4.14. The first kappa shape index (κ1) is 16.5. The fourth-order valence-corrected chi connectivity index (χ4v) is 4.63. The molecule has 3 heteroatoms. The van der Waals surface area contributed by atoms with E-state index < -0.39 is 0 Å². The van der Waals surface area contributed by atoms with E-state index in [1.54, 1.807) is 19.1 Å². The molecule has 2 aromatic carbocycles. The molecule has 130 valence electrons. The van der Waals surface area contributed by atoms with Gasteiger partial charge >= 0.3 is 0 Å². The number of halogens is 1. The number of rotatable bonds is 4. The van der Waals surface area contributed by atoms with Crippen LogP contribution in [0, 0.1) is 18.7 Å². The number of nitrogens with zero attached hydrogens (tertiary/aromatic N) is 1. The van der Waals surface area contributed by atoms with Gasteiger partial charge in [0, 0.05) is 30.1 Å². The summed E-state index contributed by atoms with van der Waals surface area (Å²) in [5, 5.41) is 0. The van der Waals surface area contributed by atoms with Gasteiger partial charge in [0.2, 0.25) is 0 Å². The van der Waals surface area contributed by atoms with Gasteiger partial charge in [0.15, 0.2) is 5.78 Å². The predicted molar refractivity (Wildman–Crippen MR) is 97.0 cm³/mol. The molecule has 0 amide bonds. The molecule has 0 N–H and O–H groups in total. The topological polar surface area (TPSA) is 20.3 Å². The highest BCUT2D eigenvalue weighted by molar-refractivity contribution is 5.99. The largest absolute Gasteiger partial charge is 0.294 e. The Morgan fingerprint density at radius 3 is 2.40 bits per heavy atom. The number of fused-ring (bicyclic) bond motifs is 2. The lowest BCUT2D eigenvalue weighted by Gasteiger charge is -2.38. The maximum atomic E-state index is 13.8. The van der Waals surface area contributed by atoms with Gasteiger partial charge in [0.05, 0.1) is 0 Å². The average Bonchev–Trinajstić information content (AvgIpc) is 2.86. The monoisotopic (exact) mass is 337 g/mol. The molecule has 0 aliphatic carbocycles. The van der Waals surface area contributed by atoms with Gasteiger partial charge in [-0.05, 0) is 49.8 Å². The zero-order chi connectivity index (χ0) is 17.4. The van der Waals surface area contributed by atoms with Crippen molar-refractivity contribution in [2.45, 2.75) is 51.2 Å². The van der Waals surface area contributed by atoms with E-state index in [2.05, 4.69) is 29.2 Å². The highest BCUT2D eigenvalue weighted by Crippen LogP contribution is 2.41.